The van der Waals surface area contributed by atoms with Crippen LogP contribution < -0.4 is 16.0 Å². The van der Waals surface area contributed by atoms with Gasteiger partial charge in [-0.25, -0.2) is 4.79 Å². The number of fused-ring (bicyclic) bond motifs is 1. The summed E-state index contributed by atoms with van der Waals surface area (Å²) in [6, 6.07) is 23.8. The molecule has 10 nitrogen and oxygen atoms in total. The number of benzene rings is 3. The lowest BCUT2D eigenvalue weighted by molar-refractivity contribution is -0.135. The van der Waals surface area contributed by atoms with Gasteiger partial charge in [0.15, 0.2) is 0 Å². The molecule has 0 bridgehead atoms. The number of carbonyl (C=O) groups excluding carboxylic acids is 4. The monoisotopic (exact) mass is 756 g/mol. The van der Waals surface area contributed by atoms with Gasteiger partial charge in [-0.15, -0.1) is 11.3 Å². The molecule has 1 heterocycles. The second-order valence-electron chi connectivity index (χ2n) is 14.4. The van der Waals surface area contributed by atoms with E-state index in [4.69, 9.17) is 4.74 Å². The number of aliphatic hydroxyl groups is 1. The molecule has 2 unspecified atom stereocenters. The van der Waals surface area contributed by atoms with E-state index in [0.717, 1.165) is 33.2 Å². The van der Waals surface area contributed by atoms with Crippen LogP contribution in [-0.4, -0.2) is 71.1 Å². The van der Waals surface area contributed by atoms with Crippen LogP contribution >= 0.6 is 11.3 Å². The Bertz CT molecular complexity index is 1780. The number of hydrogen-bond donors (Lipinski definition) is 4. The normalized spacial score (nSPS) is 14.1. The van der Waals surface area contributed by atoms with Crippen LogP contribution in [0.5, 0.6) is 0 Å². The van der Waals surface area contributed by atoms with Gasteiger partial charge in [-0.3, -0.25) is 14.4 Å². The number of aliphatic hydroxyl groups excluding tert-OH is 1. The van der Waals surface area contributed by atoms with Crippen LogP contribution in [0.4, 0.5) is 4.79 Å². The lowest BCUT2D eigenvalue weighted by atomic mass is 9.96. The molecule has 5 atom stereocenters. The quantitative estimate of drug-likeness (QED) is 0.0799. The summed E-state index contributed by atoms with van der Waals surface area (Å²) in [4.78, 5) is 57.5. The number of nitrogens with zero attached hydrogens (tertiary/aromatic N) is 1. The number of carbonyl (C=O) groups is 4. The summed E-state index contributed by atoms with van der Waals surface area (Å²) in [7, 11) is 0. The Morgan fingerprint density at radius 2 is 1.48 bits per heavy atom. The predicted molar refractivity (Wildman–Crippen MR) is 215 cm³/mol. The molecule has 0 aliphatic carbocycles. The lowest BCUT2D eigenvalue weighted by Crippen LogP contribution is -2.57. The molecule has 54 heavy (non-hydrogen) atoms. The van der Waals surface area contributed by atoms with Crippen molar-refractivity contribution in [2.45, 2.75) is 97.6 Å². The van der Waals surface area contributed by atoms with Crippen molar-refractivity contribution in [1.29, 1.82) is 0 Å². The van der Waals surface area contributed by atoms with Crippen LogP contribution in [-0.2, 0) is 38.6 Å². The standard InChI is InChI=1S/C43H56N4O6S/c1-6-30(5)27-47(7-2)40(49)26-39(48)36(23-29(3)4)44-42(51)38(25-34-20-14-22-54-34)45-41(50)37(46-43(52)53-28-31-15-9-8-10-16-31)24-33-19-13-18-32-17-11-12-21-35(32)33/h8-22,29-30,36-39,48H,6-7,23-28H2,1-5H3,(H,44,51)(H,45,50)(H,46,52)/t30?,36-,37-,38?,39-/m0/s1. The fraction of sp³-hybridized carbons (Fsp3) is 0.442. The van der Waals surface area contributed by atoms with Crippen LogP contribution in [0.15, 0.2) is 90.3 Å². The lowest BCUT2D eigenvalue weighted by Gasteiger charge is -2.30. The van der Waals surface area contributed by atoms with Gasteiger partial charge in [0.25, 0.3) is 0 Å². The first kappa shape index (κ1) is 42.0. The van der Waals surface area contributed by atoms with Crippen molar-refractivity contribution in [3.63, 3.8) is 0 Å². The molecule has 0 aliphatic heterocycles. The molecule has 4 N–H and O–H groups in total. The molecule has 11 heteroatoms. The molecule has 4 amide bonds. The molecule has 4 rings (SSSR count). The SMILES string of the molecule is CCC(C)CN(CC)C(=O)C[C@H](O)[C@H](CC(C)C)NC(=O)C(Cc1cccs1)NC(=O)[C@H](Cc1cccc2ccccc12)NC(=O)OCc1ccccc1. The van der Waals surface area contributed by atoms with E-state index < -0.39 is 42.1 Å². The van der Waals surface area contributed by atoms with Gasteiger partial charge in [0.2, 0.25) is 17.7 Å². The van der Waals surface area contributed by atoms with Gasteiger partial charge >= 0.3 is 6.09 Å². The molecule has 0 fully saturated rings. The summed E-state index contributed by atoms with van der Waals surface area (Å²) in [6.07, 6.45) is -0.338. The van der Waals surface area contributed by atoms with Crippen LogP contribution in [0.3, 0.4) is 0 Å². The third-order valence-electron chi connectivity index (χ3n) is 9.61. The molecule has 0 saturated heterocycles. The first-order valence-corrected chi connectivity index (χ1v) is 19.9. The molecule has 0 saturated carbocycles. The van der Waals surface area contributed by atoms with Crippen molar-refractivity contribution in [3.8, 4) is 0 Å². The summed E-state index contributed by atoms with van der Waals surface area (Å²) in [6.45, 7) is 11.2. The van der Waals surface area contributed by atoms with Crippen molar-refractivity contribution in [2.75, 3.05) is 13.1 Å². The third kappa shape index (κ3) is 13.0. The van der Waals surface area contributed by atoms with Gasteiger partial charge in [0.05, 0.1) is 18.6 Å². The van der Waals surface area contributed by atoms with E-state index in [9.17, 15) is 24.3 Å². The Kier molecular flexibility index (Phi) is 16.5. The zero-order valence-corrected chi connectivity index (χ0v) is 32.9. The highest BCUT2D eigenvalue weighted by Gasteiger charge is 2.32. The van der Waals surface area contributed by atoms with E-state index in [0.29, 0.717) is 25.4 Å². The number of nitrogens with one attached hydrogen (secondary N) is 3. The maximum Gasteiger partial charge on any atom is 0.408 e. The molecule has 0 radical (unpaired) electrons. The average molecular weight is 757 g/mol. The number of rotatable bonds is 20. The summed E-state index contributed by atoms with van der Waals surface area (Å²) in [5, 5.41) is 23.9. The Balaban J connectivity index is 1.56. The Hall–Kier alpha value is -4.74. The van der Waals surface area contributed by atoms with E-state index >= 15 is 0 Å². The van der Waals surface area contributed by atoms with Crippen molar-refractivity contribution in [1.82, 2.24) is 20.9 Å². The van der Waals surface area contributed by atoms with E-state index in [1.807, 2.05) is 111 Å². The third-order valence-corrected chi connectivity index (χ3v) is 10.5. The highest BCUT2D eigenvalue weighted by Crippen LogP contribution is 2.21. The van der Waals surface area contributed by atoms with E-state index in [1.165, 1.54) is 11.3 Å². The van der Waals surface area contributed by atoms with Crippen LogP contribution in [0.1, 0.15) is 69.9 Å². The molecule has 3 aromatic carbocycles. The number of hydrogen-bond acceptors (Lipinski definition) is 7. The largest absolute Gasteiger partial charge is 0.445 e. The molecular formula is C43H56N4O6S. The second-order valence-corrected chi connectivity index (χ2v) is 15.4. The van der Waals surface area contributed by atoms with Crippen molar-refractivity contribution >= 4 is 45.9 Å². The summed E-state index contributed by atoms with van der Waals surface area (Å²) in [5.74, 6) is -0.793. The first-order valence-electron chi connectivity index (χ1n) is 19.0. The number of alkyl carbamates (subject to hydrolysis) is 1. The minimum atomic E-state index is -1.13. The van der Waals surface area contributed by atoms with Gasteiger partial charge in [0, 0.05) is 30.8 Å². The fourth-order valence-corrected chi connectivity index (χ4v) is 7.14. The Morgan fingerprint density at radius 1 is 0.796 bits per heavy atom. The zero-order chi connectivity index (χ0) is 39.0. The van der Waals surface area contributed by atoms with Gasteiger partial charge in [-0.2, -0.15) is 0 Å². The van der Waals surface area contributed by atoms with E-state index in [-0.39, 0.29) is 37.7 Å². The van der Waals surface area contributed by atoms with Crippen LogP contribution in [0.2, 0.25) is 0 Å². The second kappa shape index (κ2) is 21.2. The van der Waals surface area contributed by atoms with Crippen molar-refractivity contribution in [3.05, 3.63) is 106 Å². The molecule has 1 aromatic heterocycles. The minimum absolute atomic E-state index is 0.0222. The smallest absolute Gasteiger partial charge is 0.408 e. The molecule has 4 aromatic rings. The number of amides is 4. The van der Waals surface area contributed by atoms with E-state index in [2.05, 4.69) is 29.8 Å². The van der Waals surface area contributed by atoms with E-state index in [1.54, 1.807) is 4.90 Å². The topological polar surface area (TPSA) is 137 Å². The molecule has 0 aliphatic rings. The molecular weight excluding hydrogens is 701 g/mol. The van der Waals surface area contributed by atoms with Gasteiger partial charge in [0.1, 0.15) is 18.7 Å². The van der Waals surface area contributed by atoms with Gasteiger partial charge in [-0.1, -0.05) is 113 Å². The Labute approximate surface area is 323 Å². The van der Waals surface area contributed by atoms with Crippen molar-refractivity contribution < 1.29 is 29.0 Å². The maximum atomic E-state index is 14.2. The summed E-state index contributed by atoms with van der Waals surface area (Å²) >= 11 is 1.46. The molecule has 290 valence electrons. The molecule has 0 spiro atoms. The highest BCUT2D eigenvalue weighted by molar-refractivity contribution is 7.09. The van der Waals surface area contributed by atoms with Gasteiger partial charge < -0.3 is 30.7 Å². The van der Waals surface area contributed by atoms with Crippen molar-refractivity contribution in [2.24, 2.45) is 11.8 Å². The number of ether oxygens (including phenoxy) is 1. The van der Waals surface area contributed by atoms with Crippen LogP contribution in [0.25, 0.3) is 10.8 Å². The highest BCUT2D eigenvalue weighted by atomic mass is 32.1. The van der Waals surface area contributed by atoms with Gasteiger partial charge in [-0.05, 0) is 58.5 Å². The summed E-state index contributed by atoms with van der Waals surface area (Å²) in [5.41, 5.74) is 1.64. The fourth-order valence-electron chi connectivity index (χ4n) is 6.38. The summed E-state index contributed by atoms with van der Waals surface area (Å²) < 4.78 is 5.51. The zero-order valence-electron chi connectivity index (χ0n) is 32.1. The minimum Gasteiger partial charge on any atom is -0.445 e. The van der Waals surface area contributed by atoms with Crippen LogP contribution in [0, 0.1) is 11.8 Å². The first-order chi connectivity index (χ1) is 26.0. The predicted octanol–water partition coefficient (Wildman–Crippen LogP) is 6.64. The average Bonchev–Trinajstić information content (AvgIpc) is 3.68. The number of thiophene rings is 1. The maximum absolute atomic E-state index is 14.2. The Morgan fingerprint density at radius 3 is 2.17 bits per heavy atom.